The first kappa shape index (κ1) is 11.9. The number of pyridine rings is 1. The summed E-state index contributed by atoms with van der Waals surface area (Å²) in [5, 5.41) is 3.54. The summed E-state index contributed by atoms with van der Waals surface area (Å²) in [5.74, 6) is 0. The van der Waals surface area contributed by atoms with Crippen molar-refractivity contribution in [2.24, 2.45) is 0 Å². The number of aryl methyl sites for hydroxylation is 1. The van der Waals surface area contributed by atoms with Crippen molar-refractivity contribution in [3.63, 3.8) is 0 Å². The Morgan fingerprint density at radius 3 is 3.00 bits per heavy atom. The quantitative estimate of drug-likeness (QED) is 0.667. The van der Waals surface area contributed by atoms with E-state index >= 15 is 0 Å². The van der Waals surface area contributed by atoms with E-state index in [2.05, 4.69) is 24.6 Å². The van der Waals surface area contributed by atoms with E-state index in [1.807, 2.05) is 13.1 Å². The maximum absolute atomic E-state index is 5.38. The number of imidazole rings is 1. The van der Waals surface area contributed by atoms with Crippen LogP contribution in [0, 0.1) is 6.92 Å². The van der Waals surface area contributed by atoms with Crippen LogP contribution in [0.3, 0.4) is 0 Å². The van der Waals surface area contributed by atoms with E-state index in [0.29, 0.717) is 6.61 Å². The predicted molar refractivity (Wildman–Crippen MR) is 68.5 cm³/mol. The van der Waals surface area contributed by atoms with Gasteiger partial charge in [0.05, 0.1) is 48.2 Å². The molecule has 0 unspecified atom stereocenters. The molecule has 0 saturated heterocycles. The molecule has 0 saturated carbocycles. The fourth-order valence-electron chi connectivity index (χ4n) is 1.98. The third-order valence-electron chi connectivity index (χ3n) is 2.95. The highest BCUT2D eigenvalue weighted by Crippen LogP contribution is 2.21. The van der Waals surface area contributed by atoms with Crippen LogP contribution < -0.4 is 0 Å². The maximum atomic E-state index is 5.38. The van der Waals surface area contributed by atoms with Gasteiger partial charge in [0.1, 0.15) is 6.26 Å². The van der Waals surface area contributed by atoms with Crippen LogP contribution in [-0.4, -0.2) is 26.7 Å². The molecule has 4 rings (SSSR count). The zero-order chi connectivity index (χ0) is 13.1. The maximum Gasteiger partial charge on any atom is 0.124 e. The first-order chi connectivity index (χ1) is 9.34. The van der Waals surface area contributed by atoms with Crippen LogP contribution in [0.25, 0.3) is 11.0 Å². The van der Waals surface area contributed by atoms with Crippen LogP contribution in [-0.2, 0) is 17.8 Å². The first-order valence-corrected chi connectivity index (χ1v) is 6.09. The van der Waals surface area contributed by atoms with Gasteiger partial charge in [-0.1, -0.05) is 5.16 Å². The number of ether oxygens (including phenoxy) is 1. The summed E-state index contributed by atoms with van der Waals surface area (Å²) in [7, 11) is 0. The minimum atomic E-state index is 0.643. The van der Waals surface area contributed by atoms with Crippen molar-refractivity contribution in [3.8, 4) is 0 Å². The van der Waals surface area contributed by atoms with Crippen LogP contribution in [0.4, 0.5) is 0 Å². The van der Waals surface area contributed by atoms with Crippen LogP contribution in [0.15, 0.2) is 29.4 Å². The van der Waals surface area contributed by atoms with E-state index in [9.17, 15) is 0 Å². The number of nitrogens with one attached hydrogen (secondary N) is 1. The molecule has 6 heteroatoms. The Hall–Kier alpha value is -2.21. The van der Waals surface area contributed by atoms with Gasteiger partial charge in [-0.2, -0.15) is 0 Å². The number of hydrogen-bond acceptors (Lipinski definition) is 5. The van der Waals surface area contributed by atoms with Gasteiger partial charge in [0.25, 0.3) is 0 Å². The number of aromatic amines is 1. The van der Waals surface area contributed by atoms with Gasteiger partial charge < -0.3 is 14.2 Å². The molecule has 4 heterocycles. The standard InChI is InChI=1S/C9H9N3O.C4H5NO/c1-2-13-4-6-7(1)10-3-8-9(6)12-5-11-8;1-4-2-3-6-5-4/h3,5H,1-2,4H2,(H,11,12);2-3H,1H3. The second kappa shape index (κ2) is 5.19. The molecule has 0 fully saturated rings. The van der Waals surface area contributed by atoms with Crippen molar-refractivity contribution in [1.29, 1.82) is 0 Å². The molecule has 0 radical (unpaired) electrons. The van der Waals surface area contributed by atoms with Gasteiger partial charge >= 0.3 is 0 Å². The normalized spacial score (nSPS) is 13.7. The fraction of sp³-hybridized carbons (Fsp3) is 0.308. The van der Waals surface area contributed by atoms with E-state index in [1.165, 1.54) is 0 Å². The van der Waals surface area contributed by atoms with Crippen molar-refractivity contribution < 1.29 is 9.26 Å². The zero-order valence-electron chi connectivity index (χ0n) is 10.6. The average molecular weight is 258 g/mol. The largest absolute Gasteiger partial charge is 0.376 e. The molecule has 0 atom stereocenters. The van der Waals surface area contributed by atoms with Crippen LogP contribution in [0.1, 0.15) is 17.0 Å². The molecule has 6 nitrogen and oxygen atoms in total. The first-order valence-electron chi connectivity index (χ1n) is 6.09. The van der Waals surface area contributed by atoms with Gasteiger partial charge in [0, 0.05) is 18.1 Å². The highest BCUT2D eigenvalue weighted by molar-refractivity contribution is 5.78. The number of rotatable bonds is 0. The van der Waals surface area contributed by atoms with E-state index in [-0.39, 0.29) is 0 Å². The Bertz CT molecular complexity index is 660. The van der Waals surface area contributed by atoms with E-state index in [0.717, 1.165) is 41.0 Å². The predicted octanol–water partition coefficient (Wildman–Crippen LogP) is 2.01. The Morgan fingerprint density at radius 1 is 1.32 bits per heavy atom. The second-order valence-electron chi connectivity index (χ2n) is 4.29. The lowest BCUT2D eigenvalue weighted by Crippen LogP contribution is -2.11. The van der Waals surface area contributed by atoms with E-state index < -0.39 is 0 Å². The van der Waals surface area contributed by atoms with Crippen molar-refractivity contribution in [2.45, 2.75) is 20.0 Å². The van der Waals surface area contributed by atoms with Gasteiger partial charge in [-0.15, -0.1) is 0 Å². The molecule has 0 aromatic carbocycles. The topological polar surface area (TPSA) is 76.8 Å². The van der Waals surface area contributed by atoms with E-state index in [4.69, 9.17) is 4.74 Å². The summed E-state index contributed by atoms with van der Waals surface area (Å²) >= 11 is 0. The van der Waals surface area contributed by atoms with Crippen LogP contribution >= 0.6 is 0 Å². The fourth-order valence-corrected chi connectivity index (χ4v) is 1.98. The molecule has 98 valence electrons. The molecule has 0 amide bonds. The van der Waals surface area contributed by atoms with Crippen molar-refractivity contribution in [2.75, 3.05) is 6.61 Å². The Morgan fingerprint density at radius 2 is 2.26 bits per heavy atom. The SMILES string of the molecule is Cc1ccon1.c1nc2c3c(ncc2[nH]1)CCOC3. The molecular weight excluding hydrogens is 244 g/mol. The van der Waals surface area contributed by atoms with E-state index in [1.54, 1.807) is 18.7 Å². The Balaban J connectivity index is 0.000000155. The monoisotopic (exact) mass is 258 g/mol. The highest BCUT2D eigenvalue weighted by Gasteiger charge is 2.14. The zero-order valence-corrected chi connectivity index (χ0v) is 10.6. The summed E-state index contributed by atoms with van der Waals surface area (Å²) in [6, 6.07) is 1.81. The molecule has 3 aromatic rings. The van der Waals surface area contributed by atoms with Gasteiger partial charge in [0.15, 0.2) is 0 Å². The lowest BCUT2D eigenvalue weighted by molar-refractivity contribution is 0.110. The minimum Gasteiger partial charge on any atom is -0.376 e. The Labute approximate surface area is 109 Å². The molecule has 19 heavy (non-hydrogen) atoms. The van der Waals surface area contributed by atoms with Crippen molar-refractivity contribution >= 4 is 11.0 Å². The summed E-state index contributed by atoms with van der Waals surface area (Å²) in [4.78, 5) is 11.7. The number of H-pyrrole nitrogens is 1. The summed E-state index contributed by atoms with van der Waals surface area (Å²) in [5.41, 5.74) is 5.19. The molecule has 0 aliphatic carbocycles. The smallest absolute Gasteiger partial charge is 0.124 e. The molecule has 0 spiro atoms. The summed E-state index contributed by atoms with van der Waals surface area (Å²) in [6.07, 6.45) is 5.99. The number of hydrogen-bond donors (Lipinski definition) is 1. The molecular formula is C13H14N4O2. The number of fused-ring (bicyclic) bond motifs is 3. The highest BCUT2D eigenvalue weighted by atomic mass is 16.5. The lowest BCUT2D eigenvalue weighted by Gasteiger charge is -2.14. The molecule has 1 N–H and O–H groups in total. The Kier molecular flexibility index (Phi) is 3.24. The minimum absolute atomic E-state index is 0.643. The molecule has 1 aliphatic heterocycles. The second-order valence-corrected chi connectivity index (χ2v) is 4.29. The molecule has 3 aromatic heterocycles. The average Bonchev–Trinajstić information content (AvgIpc) is 3.10. The van der Waals surface area contributed by atoms with Crippen LogP contribution in [0.5, 0.6) is 0 Å². The van der Waals surface area contributed by atoms with Gasteiger partial charge in [0.2, 0.25) is 0 Å². The third kappa shape index (κ3) is 2.48. The third-order valence-corrected chi connectivity index (χ3v) is 2.95. The van der Waals surface area contributed by atoms with Gasteiger partial charge in [-0.05, 0) is 6.92 Å². The number of aromatic nitrogens is 4. The van der Waals surface area contributed by atoms with Crippen molar-refractivity contribution in [1.82, 2.24) is 20.1 Å². The molecule has 0 bridgehead atoms. The summed E-state index contributed by atoms with van der Waals surface area (Å²) in [6.45, 7) is 3.30. The lowest BCUT2D eigenvalue weighted by atomic mass is 10.1. The van der Waals surface area contributed by atoms with Crippen molar-refractivity contribution in [3.05, 3.63) is 41.8 Å². The van der Waals surface area contributed by atoms with Gasteiger partial charge in [-0.3, -0.25) is 4.98 Å². The molecule has 1 aliphatic rings. The van der Waals surface area contributed by atoms with Crippen LogP contribution in [0.2, 0.25) is 0 Å². The van der Waals surface area contributed by atoms with Gasteiger partial charge in [-0.25, -0.2) is 4.98 Å². The summed E-state index contributed by atoms with van der Waals surface area (Å²) < 4.78 is 9.84. The number of nitrogens with zero attached hydrogens (tertiary/aromatic N) is 3.